The Morgan fingerprint density at radius 1 is 0.895 bits per heavy atom. The second-order valence-electron chi connectivity index (χ2n) is 3.54. The van der Waals surface area contributed by atoms with Crippen molar-refractivity contribution in [2.45, 2.75) is 0 Å². The quantitative estimate of drug-likeness (QED) is 0.833. The van der Waals surface area contributed by atoms with E-state index in [1.165, 1.54) is 24.3 Å². The van der Waals surface area contributed by atoms with Crippen molar-refractivity contribution in [2.75, 3.05) is 0 Å². The normalized spacial score (nSPS) is 9.11. The fraction of sp³-hybridized carbons (Fsp3) is 0. The number of benzene rings is 2. The lowest BCUT2D eigenvalue weighted by Gasteiger charge is -1.94. The summed E-state index contributed by atoms with van der Waals surface area (Å²) >= 11 is 3.15. The molecule has 0 heterocycles. The molecule has 2 rings (SSSR count). The van der Waals surface area contributed by atoms with Crippen LogP contribution in [0.15, 0.2) is 46.9 Å². The number of carbonyl (C=O) groups excluding carboxylic acids is 2. The first-order chi connectivity index (χ1) is 9.06. The van der Waals surface area contributed by atoms with E-state index in [1.54, 1.807) is 18.2 Å². The summed E-state index contributed by atoms with van der Waals surface area (Å²) in [6, 6.07) is 10.7. The number of carbonyl (C=O) groups is 2. The second-order valence-corrected chi connectivity index (χ2v) is 4.39. The standard InChI is InChI=1S/C7H5BrO2.C7H6O2/c8-7-2-1-6(10)3-5(7)4-9;8-5-6-2-1-3-7(9)4-6/h1-4,10H;1-5,9H. The zero-order valence-electron chi connectivity index (χ0n) is 9.79. The van der Waals surface area contributed by atoms with Crippen LogP contribution in [0.1, 0.15) is 20.7 Å². The lowest BCUT2D eigenvalue weighted by atomic mass is 10.2. The zero-order chi connectivity index (χ0) is 14.3. The van der Waals surface area contributed by atoms with Crippen molar-refractivity contribution in [1.82, 2.24) is 0 Å². The first-order valence-corrected chi connectivity index (χ1v) is 6.04. The van der Waals surface area contributed by atoms with Gasteiger partial charge in [0.25, 0.3) is 0 Å². The molecular formula is C14H11BrO4. The van der Waals surface area contributed by atoms with Crippen molar-refractivity contribution in [3.8, 4) is 11.5 Å². The minimum absolute atomic E-state index is 0.102. The monoisotopic (exact) mass is 322 g/mol. The van der Waals surface area contributed by atoms with Crippen LogP contribution in [0.2, 0.25) is 0 Å². The first-order valence-electron chi connectivity index (χ1n) is 5.24. The van der Waals surface area contributed by atoms with Gasteiger partial charge < -0.3 is 10.2 Å². The van der Waals surface area contributed by atoms with Gasteiger partial charge in [0.2, 0.25) is 0 Å². The maximum Gasteiger partial charge on any atom is 0.151 e. The van der Waals surface area contributed by atoms with Gasteiger partial charge in [-0.2, -0.15) is 0 Å². The van der Waals surface area contributed by atoms with Gasteiger partial charge in [-0.3, -0.25) is 9.59 Å². The van der Waals surface area contributed by atoms with Crippen LogP contribution in [0.4, 0.5) is 0 Å². The highest BCUT2D eigenvalue weighted by Gasteiger charge is 1.97. The molecule has 0 aromatic heterocycles. The van der Waals surface area contributed by atoms with Crippen LogP contribution in [0, 0.1) is 0 Å². The number of aromatic hydroxyl groups is 2. The summed E-state index contributed by atoms with van der Waals surface area (Å²) in [5.41, 5.74) is 0.954. The molecule has 98 valence electrons. The van der Waals surface area contributed by atoms with Crippen molar-refractivity contribution < 1.29 is 19.8 Å². The Hall–Kier alpha value is -2.14. The van der Waals surface area contributed by atoms with Crippen LogP contribution in [0.3, 0.4) is 0 Å². The molecule has 0 atom stereocenters. The Labute approximate surface area is 118 Å². The number of phenols is 2. The fourth-order valence-electron chi connectivity index (χ4n) is 1.22. The van der Waals surface area contributed by atoms with E-state index < -0.39 is 0 Å². The van der Waals surface area contributed by atoms with E-state index >= 15 is 0 Å². The number of rotatable bonds is 2. The third kappa shape index (κ3) is 4.93. The van der Waals surface area contributed by atoms with Gasteiger partial charge in [0.05, 0.1) is 0 Å². The molecule has 2 aromatic rings. The SMILES string of the molecule is O=Cc1cc(O)ccc1Br.O=Cc1cccc(O)c1. The molecule has 0 saturated heterocycles. The van der Waals surface area contributed by atoms with Crippen LogP contribution < -0.4 is 0 Å². The molecule has 0 unspecified atom stereocenters. The number of hydrogen-bond acceptors (Lipinski definition) is 4. The molecule has 19 heavy (non-hydrogen) atoms. The minimum Gasteiger partial charge on any atom is -0.508 e. The Balaban J connectivity index is 0.000000191. The average molecular weight is 323 g/mol. The molecule has 0 spiro atoms. The van der Waals surface area contributed by atoms with Gasteiger partial charge in [0.1, 0.15) is 17.8 Å². The topological polar surface area (TPSA) is 74.6 Å². The molecule has 0 bridgehead atoms. The molecule has 0 aliphatic carbocycles. The molecular weight excluding hydrogens is 312 g/mol. The van der Waals surface area contributed by atoms with E-state index in [9.17, 15) is 9.59 Å². The van der Waals surface area contributed by atoms with Gasteiger partial charge >= 0.3 is 0 Å². The summed E-state index contributed by atoms with van der Waals surface area (Å²) in [5, 5.41) is 17.7. The lowest BCUT2D eigenvalue weighted by Crippen LogP contribution is -1.79. The number of phenolic OH excluding ortho intramolecular Hbond substituents is 2. The average Bonchev–Trinajstić information content (AvgIpc) is 2.42. The van der Waals surface area contributed by atoms with Crippen LogP contribution in [0.25, 0.3) is 0 Å². The van der Waals surface area contributed by atoms with E-state index in [4.69, 9.17) is 10.2 Å². The van der Waals surface area contributed by atoms with Crippen LogP contribution in [-0.4, -0.2) is 22.8 Å². The Morgan fingerprint density at radius 3 is 2.05 bits per heavy atom. The van der Waals surface area contributed by atoms with Gasteiger partial charge in [-0.1, -0.05) is 28.1 Å². The molecule has 0 fully saturated rings. The number of aldehydes is 2. The molecule has 0 amide bonds. The predicted octanol–water partition coefficient (Wildman–Crippen LogP) is 3.17. The Morgan fingerprint density at radius 2 is 1.58 bits per heavy atom. The van der Waals surface area contributed by atoms with Gasteiger partial charge in [-0.05, 0) is 30.3 Å². The van der Waals surface area contributed by atoms with Crippen molar-refractivity contribution >= 4 is 28.5 Å². The van der Waals surface area contributed by atoms with E-state index in [0.717, 1.165) is 0 Å². The van der Waals surface area contributed by atoms with Crippen molar-refractivity contribution in [3.63, 3.8) is 0 Å². The summed E-state index contributed by atoms with van der Waals surface area (Å²) in [4.78, 5) is 20.3. The van der Waals surface area contributed by atoms with Crippen LogP contribution in [0.5, 0.6) is 11.5 Å². The molecule has 0 saturated carbocycles. The first kappa shape index (κ1) is 14.9. The van der Waals surface area contributed by atoms with Crippen molar-refractivity contribution in [2.24, 2.45) is 0 Å². The predicted molar refractivity (Wildman–Crippen MR) is 74.7 cm³/mol. The molecule has 0 radical (unpaired) electrons. The van der Waals surface area contributed by atoms with E-state index in [-0.39, 0.29) is 11.5 Å². The number of hydrogen-bond donors (Lipinski definition) is 2. The lowest BCUT2D eigenvalue weighted by molar-refractivity contribution is 0.111. The largest absolute Gasteiger partial charge is 0.508 e. The van der Waals surface area contributed by atoms with Crippen LogP contribution in [-0.2, 0) is 0 Å². The highest BCUT2D eigenvalue weighted by molar-refractivity contribution is 9.10. The third-order valence-electron chi connectivity index (χ3n) is 2.11. The smallest absolute Gasteiger partial charge is 0.151 e. The van der Waals surface area contributed by atoms with Gasteiger partial charge in [0.15, 0.2) is 6.29 Å². The molecule has 0 aliphatic rings. The molecule has 0 aliphatic heterocycles. The summed E-state index contributed by atoms with van der Waals surface area (Å²) in [7, 11) is 0. The summed E-state index contributed by atoms with van der Waals surface area (Å²) in [6.07, 6.45) is 1.38. The van der Waals surface area contributed by atoms with E-state index in [1.807, 2.05) is 0 Å². The molecule has 2 aromatic carbocycles. The third-order valence-corrected chi connectivity index (χ3v) is 2.84. The van der Waals surface area contributed by atoms with Gasteiger partial charge in [-0.25, -0.2) is 0 Å². The van der Waals surface area contributed by atoms with Crippen molar-refractivity contribution in [3.05, 3.63) is 58.1 Å². The number of halogens is 1. The second kappa shape index (κ2) is 7.33. The minimum atomic E-state index is 0.102. The molecule has 4 nitrogen and oxygen atoms in total. The van der Waals surface area contributed by atoms with E-state index in [2.05, 4.69) is 15.9 Å². The van der Waals surface area contributed by atoms with Gasteiger partial charge in [-0.15, -0.1) is 0 Å². The molecule has 5 heteroatoms. The fourth-order valence-corrected chi connectivity index (χ4v) is 1.56. The summed E-state index contributed by atoms with van der Waals surface area (Å²) in [5.74, 6) is 0.227. The maximum atomic E-state index is 10.2. The van der Waals surface area contributed by atoms with Gasteiger partial charge in [0, 0.05) is 15.6 Å². The van der Waals surface area contributed by atoms with Crippen LogP contribution >= 0.6 is 15.9 Å². The Kier molecular flexibility index (Phi) is 5.75. The maximum absolute atomic E-state index is 10.2. The summed E-state index contributed by atoms with van der Waals surface area (Å²) < 4.78 is 0.695. The highest BCUT2D eigenvalue weighted by atomic mass is 79.9. The van der Waals surface area contributed by atoms with Crippen molar-refractivity contribution in [1.29, 1.82) is 0 Å². The molecule has 2 N–H and O–H groups in total. The highest BCUT2D eigenvalue weighted by Crippen LogP contribution is 2.19. The summed E-state index contributed by atoms with van der Waals surface area (Å²) in [6.45, 7) is 0. The van der Waals surface area contributed by atoms with E-state index in [0.29, 0.717) is 28.2 Å². The zero-order valence-corrected chi connectivity index (χ0v) is 11.4. The Bertz CT molecular complexity index is 581.